The molecule has 118 valence electrons. The second-order valence-electron chi connectivity index (χ2n) is 5.16. The van der Waals surface area contributed by atoms with Crippen LogP contribution in [0.1, 0.15) is 34.6 Å². The Labute approximate surface area is 119 Å². The molecule has 0 aliphatic rings. The summed E-state index contributed by atoms with van der Waals surface area (Å²) >= 11 is 0. The predicted octanol–water partition coefficient (Wildman–Crippen LogP) is -0.584. The standard InChI is InChI=1S/C12H24N4O3.H2O/c1-6-13-9(18)11(2,3)15-16-12(4,5)10(19)14-7-8-17;/h17H,6-8H2,1-5H3,(H,13,18)(H,14,19);1H2. The normalized spacial score (nSPS) is 11.9. The van der Waals surface area contributed by atoms with E-state index < -0.39 is 11.1 Å². The van der Waals surface area contributed by atoms with E-state index >= 15 is 0 Å². The Hall–Kier alpha value is -1.54. The molecule has 0 heterocycles. The second kappa shape index (κ2) is 8.60. The van der Waals surface area contributed by atoms with Crippen LogP contribution in [0.15, 0.2) is 10.2 Å². The Kier molecular flexibility index (Phi) is 8.93. The molecule has 0 aromatic rings. The van der Waals surface area contributed by atoms with Crippen molar-refractivity contribution in [2.75, 3.05) is 19.7 Å². The molecule has 8 nitrogen and oxygen atoms in total. The minimum Gasteiger partial charge on any atom is -0.412 e. The van der Waals surface area contributed by atoms with Gasteiger partial charge in [-0.3, -0.25) is 9.59 Å². The van der Waals surface area contributed by atoms with Gasteiger partial charge in [0.1, 0.15) is 0 Å². The number of aliphatic hydroxyl groups excluding tert-OH is 1. The number of carbonyl (C=O) groups excluding carboxylic acids is 2. The molecule has 0 bridgehead atoms. The number of hydrogen-bond donors (Lipinski definition) is 3. The van der Waals surface area contributed by atoms with E-state index in [1.807, 2.05) is 6.92 Å². The Morgan fingerprint density at radius 2 is 1.40 bits per heavy atom. The van der Waals surface area contributed by atoms with Crippen LogP contribution in [0.5, 0.6) is 0 Å². The number of carbonyl (C=O) groups is 2. The van der Waals surface area contributed by atoms with Crippen molar-refractivity contribution in [2.45, 2.75) is 45.7 Å². The Morgan fingerprint density at radius 1 is 1.00 bits per heavy atom. The summed E-state index contributed by atoms with van der Waals surface area (Å²) in [6, 6.07) is 0. The van der Waals surface area contributed by atoms with E-state index in [0.717, 1.165) is 0 Å². The van der Waals surface area contributed by atoms with E-state index in [-0.39, 0.29) is 30.4 Å². The molecule has 0 fully saturated rings. The molecule has 0 saturated carbocycles. The van der Waals surface area contributed by atoms with Crippen LogP contribution in [0.3, 0.4) is 0 Å². The van der Waals surface area contributed by atoms with Crippen LogP contribution in [0.4, 0.5) is 0 Å². The number of rotatable bonds is 7. The number of azo groups is 1. The highest BCUT2D eigenvalue weighted by atomic mass is 16.3. The van der Waals surface area contributed by atoms with Crippen LogP contribution in [-0.2, 0) is 9.59 Å². The highest BCUT2D eigenvalue weighted by Gasteiger charge is 2.31. The van der Waals surface area contributed by atoms with Gasteiger partial charge in [-0.15, -0.1) is 0 Å². The third kappa shape index (κ3) is 6.58. The van der Waals surface area contributed by atoms with E-state index in [2.05, 4.69) is 20.9 Å². The van der Waals surface area contributed by atoms with Crippen LogP contribution in [0.2, 0.25) is 0 Å². The topological polar surface area (TPSA) is 135 Å². The SMILES string of the molecule is CCNC(=O)C(C)(C)N=NC(C)(C)C(=O)NCCO.O. The Balaban J connectivity index is 0. The first-order valence-corrected chi connectivity index (χ1v) is 6.29. The lowest BCUT2D eigenvalue weighted by Gasteiger charge is -2.21. The minimum absolute atomic E-state index is 0. The summed E-state index contributed by atoms with van der Waals surface area (Å²) in [7, 11) is 0. The number of amides is 2. The molecule has 0 spiro atoms. The first-order chi connectivity index (χ1) is 8.67. The van der Waals surface area contributed by atoms with Gasteiger partial charge in [0.15, 0.2) is 11.1 Å². The second-order valence-corrected chi connectivity index (χ2v) is 5.16. The molecule has 0 aliphatic carbocycles. The highest BCUT2D eigenvalue weighted by molar-refractivity contribution is 5.86. The first-order valence-electron chi connectivity index (χ1n) is 6.29. The molecular formula is C12H26N4O4. The molecule has 0 rings (SSSR count). The van der Waals surface area contributed by atoms with E-state index in [4.69, 9.17) is 5.11 Å². The molecule has 8 heteroatoms. The van der Waals surface area contributed by atoms with E-state index in [1.54, 1.807) is 27.7 Å². The average molecular weight is 290 g/mol. The van der Waals surface area contributed by atoms with Gasteiger partial charge in [0.2, 0.25) is 11.8 Å². The van der Waals surface area contributed by atoms with Gasteiger partial charge in [0, 0.05) is 13.1 Å². The summed E-state index contributed by atoms with van der Waals surface area (Å²) < 4.78 is 0. The third-order valence-corrected chi connectivity index (χ3v) is 2.40. The predicted molar refractivity (Wildman–Crippen MR) is 75.4 cm³/mol. The molecule has 0 aromatic heterocycles. The van der Waals surface area contributed by atoms with Gasteiger partial charge >= 0.3 is 0 Å². The summed E-state index contributed by atoms with van der Waals surface area (Å²) in [6.45, 7) is 8.80. The van der Waals surface area contributed by atoms with Gasteiger partial charge in [-0.25, -0.2) is 0 Å². The summed E-state index contributed by atoms with van der Waals surface area (Å²) in [5.74, 6) is -0.595. The number of hydrogen-bond acceptors (Lipinski definition) is 5. The molecule has 0 radical (unpaired) electrons. The largest absolute Gasteiger partial charge is 0.412 e. The zero-order valence-electron chi connectivity index (χ0n) is 12.8. The lowest BCUT2D eigenvalue weighted by atomic mass is 10.0. The van der Waals surface area contributed by atoms with Crippen molar-refractivity contribution in [3.63, 3.8) is 0 Å². The fraction of sp³-hybridized carbons (Fsp3) is 0.833. The molecule has 0 saturated heterocycles. The maximum absolute atomic E-state index is 11.8. The molecular weight excluding hydrogens is 264 g/mol. The summed E-state index contributed by atoms with van der Waals surface area (Å²) in [4.78, 5) is 23.5. The summed E-state index contributed by atoms with van der Waals surface area (Å²) in [5, 5.41) is 21.7. The van der Waals surface area contributed by atoms with Gasteiger partial charge in [-0.2, -0.15) is 10.2 Å². The van der Waals surface area contributed by atoms with Crippen molar-refractivity contribution in [1.29, 1.82) is 0 Å². The van der Waals surface area contributed by atoms with Crippen LogP contribution in [0.25, 0.3) is 0 Å². The molecule has 0 aromatic carbocycles. The fourth-order valence-electron chi connectivity index (χ4n) is 1.10. The van der Waals surface area contributed by atoms with Crippen molar-refractivity contribution < 1.29 is 20.2 Å². The minimum atomic E-state index is -1.08. The Morgan fingerprint density at radius 3 is 1.75 bits per heavy atom. The number of nitrogens with zero attached hydrogens (tertiary/aromatic N) is 2. The maximum Gasteiger partial charge on any atom is 0.249 e. The number of nitrogens with one attached hydrogen (secondary N) is 2. The number of likely N-dealkylation sites (N-methyl/N-ethyl adjacent to an activating group) is 1. The van der Waals surface area contributed by atoms with Crippen LogP contribution >= 0.6 is 0 Å². The van der Waals surface area contributed by atoms with Gasteiger partial charge in [0.25, 0.3) is 0 Å². The highest BCUT2D eigenvalue weighted by Crippen LogP contribution is 2.16. The summed E-state index contributed by atoms with van der Waals surface area (Å²) in [6.07, 6.45) is 0. The van der Waals surface area contributed by atoms with Crippen LogP contribution < -0.4 is 10.6 Å². The molecule has 0 unspecified atom stereocenters. The van der Waals surface area contributed by atoms with E-state index in [9.17, 15) is 9.59 Å². The lowest BCUT2D eigenvalue weighted by molar-refractivity contribution is -0.127. The maximum atomic E-state index is 11.8. The third-order valence-electron chi connectivity index (χ3n) is 2.40. The van der Waals surface area contributed by atoms with Gasteiger partial charge < -0.3 is 21.2 Å². The Bertz CT molecular complexity index is 353. The fourth-order valence-corrected chi connectivity index (χ4v) is 1.10. The monoisotopic (exact) mass is 290 g/mol. The average Bonchev–Trinajstić information content (AvgIpc) is 2.34. The quantitative estimate of drug-likeness (QED) is 0.541. The zero-order valence-corrected chi connectivity index (χ0v) is 12.8. The molecule has 5 N–H and O–H groups in total. The van der Waals surface area contributed by atoms with Crippen molar-refractivity contribution in [2.24, 2.45) is 10.2 Å². The summed E-state index contributed by atoms with van der Waals surface area (Å²) in [5.41, 5.74) is -2.11. The smallest absolute Gasteiger partial charge is 0.249 e. The van der Waals surface area contributed by atoms with Crippen molar-refractivity contribution in [1.82, 2.24) is 10.6 Å². The molecule has 0 atom stereocenters. The number of aliphatic hydroxyl groups is 1. The van der Waals surface area contributed by atoms with Crippen molar-refractivity contribution in [3.8, 4) is 0 Å². The van der Waals surface area contributed by atoms with E-state index in [0.29, 0.717) is 6.54 Å². The molecule has 2 amide bonds. The van der Waals surface area contributed by atoms with Gasteiger partial charge in [-0.1, -0.05) is 0 Å². The van der Waals surface area contributed by atoms with Crippen LogP contribution in [-0.4, -0.2) is 53.2 Å². The van der Waals surface area contributed by atoms with E-state index in [1.165, 1.54) is 0 Å². The lowest BCUT2D eigenvalue weighted by Crippen LogP contribution is -2.44. The van der Waals surface area contributed by atoms with Crippen molar-refractivity contribution in [3.05, 3.63) is 0 Å². The zero-order chi connectivity index (χ0) is 15.1. The van der Waals surface area contributed by atoms with Crippen molar-refractivity contribution >= 4 is 11.8 Å². The first kappa shape index (κ1) is 20.8. The molecule has 20 heavy (non-hydrogen) atoms. The molecule has 0 aliphatic heterocycles. The van der Waals surface area contributed by atoms with Crippen LogP contribution in [0, 0.1) is 0 Å². The van der Waals surface area contributed by atoms with Gasteiger partial charge in [0.05, 0.1) is 6.61 Å². The van der Waals surface area contributed by atoms with Gasteiger partial charge in [-0.05, 0) is 34.6 Å².